The normalized spacial score (nSPS) is 14.4. The number of rotatable bonds is 2. The molecule has 1 aromatic carbocycles. The molecule has 0 radical (unpaired) electrons. The van der Waals surface area contributed by atoms with Gasteiger partial charge in [0.1, 0.15) is 29.7 Å². The van der Waals surface area contributed by atoms with Crippen molar-refractivity contribution in [2.24, 2.45) is 5.73 Å². The van der Waals surface area contributed by atoms with Gasteiger partial charge in [0, 0.05) is 12.3 Å². The molecule has 3 N–H and O–H groups in total. The van der Waals surface area contributed by atoms with Gasteiger partial charge >= 0.3 is 5.97 Å². The average molecular weight is 373 g/mol. The van der Waals surface area contributed by atoms with Crippen LogP contribution in [0.3, 0.4) is 0 Å². The molecule has 1 unspecified atom stereocenters. The smallest absolute Gasteiger partial charge is 0.350 e. The Labute approximate surface area is 153 Å². The van der Waals surface area contributed by atoms with E-state index in [-0.39, 0.29) is 23.6 Å². The number of methoxy groups -OCH3 is 1. The van der Waals surface area contributed by atoms with Gasteiger partial charge in [0.15, 0.2) is 0 Å². The van der Waals surface area contributed by atoms with Gasteiger partial charge in [-0.15, -0.1) is 0 Å². The number of hydrogen-bond acceptors (Lipinski definition) is 6. The van der Waals surface area contributed by atoms with Crippen molar-refractivity contribution >= 4 is 11.9 Å². The second kappa shape index (κ2) is 6.74. The third-order valence-corrected chi connectivity index (χ3v) is 3.95. The molecule has 1 atom stereocenters. The van der Waals surface area contributed by atoms with E-state index in [9.17, 15) is 19.1 Å². The highest BCUT2D eigenvalue weighted by molar-refractivity contribution is 5.91. The topological polar surface area (TPSA) is 117 Å². The summed E-state index contributed by atoms with van der Waals surface area (Å²) in [6, 6.07) is 2.51. The molecule has 0 aliphatic carbocycles. The van der Waals surface area contributed by atoms with Gasteiger partial charge in [-0.2, -0.15) is 0 Å². The van der Waals surface area contributed by atoms with Crippen LogP contribution >= 0.6 is 0 Å². The van der Waals surface area contributed by atoms with Crippen LogP contribution in [0.25, 0.3) is 11.4 Å². The van der Waals surface area contributed by atoms with Gasteiger partial charge in [0.2, 0.25) is 5.60 Å². The predicted octanol–water partition coefficient (Wildman–Crippen LogP) is 0.456. The summed E-state index contributed by atoms with van der Waals surface area (Å²) in [6.07, 6.45) is 1.49. The van der Waals surface area contributed by atoms with Crippen molar-refractivity contribution < 1.29 is 28.6 Å². The van der Waals surface area contributed by atoms with E-state index in [2.05, 4.69) is 21.6 Å². The summed E-state index contributed by atoms with van der Waals surface area (Å²) < 4.78 is 26.1. The van der Waals surface area contributed by atoms with E-state index in [1.54, 1.807) is 4.57 Å². The number of fused-ring (bicyclic) bond motifs is 3. The third-order valence-electron chi connectivity index (χ3n) is 3.95. The van der Waals surface area contributed by atoms with Gasteiger partial charge in [-0.05, 0) is 13.0 Å². The maximum atomic E-state index is 14.4. The number of ether oxygens (including phenoxy) is 2. The van der Waals surface area contributed by atoms with E-state index >= 15 is 0 Å². The third kappa shape index (κ3) is 3.47. The number of carbonyl (C=O) groups is 2. The average Bonchev–Trinajstić information content (AvgIpc) is 2.97. The van der Waals surface area contributed by atoms with Crippen molar-refractivity contribution in [1.82, 2.24) is 9.55 Å². The van der Waals surface area contributed by atoms with E-state index in [1.165, 1.54) is 12.3 Å². The van der Waals surface area contributed by atoms with E-state index in [0.717, 1.165) is 20.1 Å². The van der Waals surface area contributed by atoms with Crippen LogP contribution in [0, 0.1) is 17.7 Å². The van der Waals surface area contributed by atoms with Crippen molar-refractivity contribution in [3.63, 3.8) is 0 Å². The molecule has 2 heterocycles. The zero-order valence-electron chi connectivity index (χ0n) is 14.6. The van der Waals surface area contributed by atoms with Crippen molar-refractivity contribution in [3.8, 4) is 29.0 Å². The van der Waals surface area contributed by atoms with Gasteiger partial charge in [0.05, 0.1) is 24.8 Å². The minimum atomic E-state index is -2.10. The molecule has 0 spiro atoms. The fourth-order valence-corrected chi connectivity index (χ4v) is 2.56. The molecule has 1 amide bonds. The number of aromatic nitrogens is 2. The second-order valence-corrected chi connectivity index (χ2v) is 6.00. The lowest BCUT2D eigenvalue weighted by Crippen LogP contribution is -2.34. The molecule has 9 heteroatoms. The van der Waals surface area contributed by atoms with Crippen LogP contribution in [0.15, 0.2) is 18.3 Å². The number of aliphatic hydroxyl groups is 1. The summed E-state index contributed by atoms with van der Waals surface area (Å²) in [5.74, 6) is 2.99. The molecule has 0 saturated carbocycles. The van der Waals surface area contributed by atoms with E-state index in [0.29, 0.717) is 17.9 Å². The Kier molecular flexibility index (Phi) is 4.59. The maximum Gasteiger partial charge on any atom is 0.350 e. The monoisotopic (exact) mass is 373 g/mol. The van der Waals surface area contributed by atoms with Gasteiger partial charge in [-0.1, -0.05) is 11.8 Å². The van der Waals surface area contributed by atoms with E-state index in [1.807, 2.05) is 0 Å². The molecule has 0 bridgehead atoms. The number of amides is 1. The Morgan fingerprint density at radius 3 is 2.89 bits per heavy atom. The van der Waals surface area contributed by atoms with Crippen LogP contribution in [0.2, 0.25) is 0 Å². The zero-order valence-corrected chi connectivity index (χ0v) is 14.6. The highest BCUT2D eigenvalue weighted by atomic mass is 19.1. The summed E-state index contributed by atoms with van der Waals surface area (Å²) >= 11 is 0. The minimum absolute atomic E-state index is 0.0726. The van der Waals surface area contributed by atoms with Gasteiger partial charge in [-0.25, -0.2) is 14.2 Å². The molecule has 0 saturated heterocycles. The number of nitrogens with two attached hydrogens (primary N) is 1. The number of hydrogen-bond donors (Lipinski definition) is 2. The largest absolute Gasteiger partial charge is 0.491 e. The first-order valence-electron chi connectivity index (χ1n) is 7.90. The van der Waals surface area contributed by atoms with Crippen molar-refractivity contribution in [1.29, 1.82) is 0 Å². The Morgan fingerprint density at radius 2 is 2.22 bits per heavy atom. The first kappa shape index (κ1) is 18.4. The molecule has 1 aromatic heterocycles. The van der Waals surface area contributed by atoms with E-state index in [4.69, 9.17) is 10.5 Å². The second-order valence-electron chi connectivity index (χ2n) is 6.00. The summed E-state index contributed by atoms with van der Waals surface area (Å²) in [5.41, 5.74) is 3.57. The maximum absolute atomic E-state index is 14.4. The van der Waals surface area contributed by atoms with Crippen LogP contribution < -0.4 is 10.5 Å². The van der Waals surface area contributed by atoms with Gasteiger partial charge in [0.25, 0.3) is 5.91 Å². The quantitative estimate of drug-likeness (QED) is 0.583. The van der Waals surface area contributed by atoms with Gasteiger partial charge in [-0.3, -0.25) is 4.79 Å². The summed E-state index contributed by atoms with van der Waals surface area (Å²) in [6.45, 7) is 1.78. The first-order chi connectivity index (χ1) is 12.7. The van der Waals surface area contributed by atoms with Crippen LogP contribution in [0.5, 0.6) is 5.75 Å². The fourth-order valence-electron chi connectivity index (χ4n) is 2.56. The summed E-state index contributed by atoms with van der Waals surface area (Å²) in [7, 11) is 1.11. The van der Waals surface area contributed by atoms with Crippen LogP contribution in [0.4, 0.5) is 4.39 Å². The highest BCUT2D eigenvalue weighted by Gasteiger charge is 2.29. The predicted molar refractivity (Wildman–Crippen MR) is 91.2 cm³/mol. The molecule has 1 aliphatic rings. The lowest BCUT2D eigenvalue weighted by Gasteiger charge is -2.12. The lowest BCUT2D eigenvalue weighted by molar-refractivity contribution is -0.154. The Morgan fingerprint density at radius 1 is 1.48 bits per heavy atom. The number of imidazole rings is 1. The Balaban J connectivity index is 2.11. The Hall–Kier alpha value is -3.38. The van der Waals surface area contributed by atoms with Crippen molar-refractivity contribution in [2.45, 2.75) is 19.1 Å². The number of esters is 1. The first-order valence-corrected chi connectivity index (χ1v) is 7.90. The van der Waals surface area contributed by atoms with Crippen LogP contribution in [-0.2, 0) is 16.1 Å². The zero-order chi connectivity index (χ0) is 19.8. The molecule has 140 valence electrons. The molecule has 27 heavy (non-hydrogen) atoms. The molecular weight excluding hydrogens is 357 g/mol. The molecule has 0 fully saturated rings. The van der Waals surface area contributed by atoms with Crippen LogP contribution in [-0.4, -0.2) is 45.9 Å². The van der Waals surface area contributed by atoms with E-state index < -0.39 is 23.3 Å². The number of benzene rings is 1. The SMILES string of the molecule is COC(=O)C(C)(O)C#Cc1cc2c(cc1F)OCCn1cc(C(N)=O)nc1-2. The fraction of sp³-hybridized carbons (Fsp3) is 0.278. The highest BCUT2D eigenvalue weighted by Crippen LogP contribution is 2.34. The number of nitrogens with zero attached hydrogens (tertiary/aromatic N) is 2. The number of halogens is 1. The summed E-state index contributed by atoms with van der Waals surface area (Å²) in [5, 5.41) is 9.98. The number of carbonyl (C=O) groups excluding carboxylic acids is 2. The molecular formula is C18H16FN3O5. The van der Waals surface area contributed by atoms with Crippen molar-refractivity contribution in [2.75, 3.05) is 13.7 Å². The number of primary amides is 1. The lowest BCUT2D eigenvalue weighted by atomic mass is 10.0. The van der Waals surface area contributed by atoms with Gasteiger partial charge < -0.3 is 24.9 Å². The molecule has 3 rings (SSSR count). The van der Waals surface area contributed by atoms with Crippen molar-refractivity contribution in [3.05, 3.63) is 35.4 Å². The Bertz CT molecular complexity index is 1000. The molecule has 2 aromatic rings. The minimum Gasteiger partial charge on any atom is -0.491 e. The standard InChI is InChI=1S/C18H16FN3O5/c1-18(25,17(24)26-2)4-3-10-7-11-14(8-12(10)19)27-6-5-22-9-13(15(20)23)21-16(11)22/h7-9,25H,5-6H2,1-2H3,(H2,20,23). The summed E-state index contributed by atoms with van der Waals surface area (Å²) in [4.78, 5) is 27.1. The molecule has 1 aliphatic heterocycles. The molecule has 8 nitrogen and oxygen atoms in total. The van der Waals surface area contributed by atoms with Crippen LogP contribution in [0.1, 0.15) is 23.0 Å².